The molecule has 0 aromatic heterocycles. The molecule has 2 N–H and O–H groups in total. The molecule has 0 radical (unpaired) electrons. The van der Waals surface area contributed by atoms with Crippen LogP contribution in [0, 0.1) is 5.41 Å². The number of hydrogen-bond acceptors (Lipinski definition) is 4. The molecule has 1 saturated heterocycles. The van der Waals surface area contributed by atoms with Crippen molar-refractivity contribution >= 4 is 21.8 Å². The smallest absolute Gasteiger partial charge is 0.317 e. The zero-order chi connectivity index (χ0) is 14.7. The van der Waals surface area contributed by atoms with Gasteiger partial charge in [-0.25, -0.2) is 13.2 Å². The quantitative estimate of drug-likeness (QED) is 0.738. The Morgan fingerprint density at radius 3 is 2.47 bits per heavy atom. The molecule has 0 aromatic rings. The van der Waals surface area contributed by atoms with Gasteiger partial charge in [0.1, 0.15) is 9.84 Å². The van der Waals surface area contributed by atoms with Crippen molar-refractivity contribution in [3.8, 4) is 0 Å². The van der Waals surface area contributed by atoms with Crippen LogP contribution in [-0.2, 0) is 14.6 Å². The van der Waals surface area contributed by atoms with Gasteiger partial charge in [0.25, 0.3) is 0 Å². The maximum Gasteiger partial charge on any atom is 0.317 e. The molecule has 0 aromatic carbocycles. The van der Waals surface area contributed by atoms with Crippen molar-refractivity contribution in [1.29, 1.82) is 0 Å². The second kappa shape index (κ2) is 5.77. The molecule has 1 atom stereocenters. The number of carbonyl (C=O) groups excluding carboxylic acids is 1. The van der Waals surface area contributed by atoms with Gasteiger partial charge in [-0.2, -0.15) is 0 Å². The van der Waals surface area contributed by atoms with Gasteiger partial charge in [0.15, 0.2) is 0 Å². The molecule has 1 unspecified atom stereocenters. The topological polar surface area (TPSA) is 104 Å². The van der Waals surface area contributed by atoms with Gasteiger partial charge in [0, 0.05) is 25.9 Å². The summed E-state index contributed by atoms with van der Waals surface area (Å²) in [5.74, 6) is -1.01. The number of amides is 2. The SMILES string of the molecule is CCC1(C(=O)O)CCN(C(=O)NCCS(C)(=O)=O)C1. The molecule has 0 saturated carbocycles. The molecular formula is C11H20N2O5S. The molecule has 7 nitrogen and oxygen atoms in total. The van der Waals surface area contributed by atoms with Crippen LogP contribution in [0.2, 0.25) is 0 Å². The normalized spacial score (nSPS) is 23.4. The predicted octanol–water partition coefficient (Wildman–Crippen LogP) is -0.0727. The zero-order valence-electron chi connectivity index (χ0n) is 11.2. The highest BCUT2D eigenvalue weighted by Crippen LogP contribution is 2.34. The van der Waals surface area contributed by atoms with Gasteiger partial charge in [-0.15, -0.1) is 0 Å². The van der Waals surface area contributed by atoms with Crippen LogP contribution in [0.15, 0.2) is 0 Å². The van der Waals surface area contributed by atoms with E-state index in [0.717, 1.165) is 6.26 Å². The summed E-state index contributed by atoms with van der Waals surface area (Å²) < 4.78 is 21.9. The fourth-order valence-electron chi connectivity index (χ4n) is 2.12. The van der Waals surface area contributed by atoms with E-state index in [2.05, 4.69) is 5.32 Å². The van der Waals surface area contributed by atoms with E-state index in [4.69, 9.17) is 0 Å². The minimum atomic E-state index is -3.11. The molecule has 110 valence electrons. The first-order valence-electron chi connectivity index (χ1n) is 6.14. The summed E-state index contributed by atoms with van der Waals surface area (Å²) in [7, 11) is -3.11. The lowest BCUT2D eigenvalue weighted by atomic mass is 9.84. The zero-order valence-corrected chi connectivity index (χ0v) is 12.0. The maximum atomic E-state index is 11.8. The van der Waals surface area contributed by atoms with Gasteiger partial charge in [0.2, 0.25) is 0 Å². The third-order valence-electron chi connectivity index (χ3n) is 3.52. The number of sulfone groups is 1. The van der Waals surface area contributed by atoms with E-state index in [9.17, 15) is 23.1 Å². The van der Waals surface area contributed by atoms with E-state index in [-0.39, 0.29) is 18.8 Å². The standard InChI is InChI=1S/C11H20N2O5S/c1-3-11(9(14)15)4-6-13(8-11)10(16)12-5-7-19(2,17)18/h3-8H2,1-2H3,(H,12,16)(H,14,15). The highest BCUT2D eigenvalue weighted by atomic mass is 32.2. The Hall–Kier alpha value is -1.31. The average molecular weight is 292 g/mol. The van der Waals surface area contributed by atoms with Crippen LogP contribution in [0.5, 0.6) is 0 Å². The fraction of sp³-hybridized carbons (Fsp3) is 0.818. The van der Waals surface area contributed by atoms with Crippen molar-refractivity contribution in [2.45, 2.75) is 19.8 Å². The van der Waals surface area contributed by atoms with Crippen molar-refractivity contribution < 1.29 is 23.1 Å². The van der Waals surface area contributed by atoms with Gasteiger partial charge in [-0.1, -0.05) is 6.92 Å². The maximum absolute atomic E-state index is 11.8. The Balaban J connectivity index is 2.50. The summed E-state index contributed by atoms with van der Waals surface area (Å²) in [4.78, 5) is 24.4. The summed E-state index contributed by atoms with van der Waals surface area (Å²) in [6.07, 6.45) is 2.00. The van der Waals surface area contributed by atoms with Crippen LogP contribution >= 0.6 is 0 Å². The number of likely N-dealkylation sites (tertiary alicyclic amines) is 1. The number of rotatable bonds is 5. The highest BCUT2D eigenvalue weighted by molar-refractivity contribution is 7.90. The van der Waals surface area contributed by atoms with Crippen LogP contribution < -0.4 is 5.32 Å². The van der Waals surface area contributed by atoms with E-state index in [1.807, 2.05) is 0 Å². The molecule has 1 aliphatic heterocycles. The van der Waals surface area contributed by atoms with Gasteiger partial charge in [-0.3, -0.25) is 4.79 Å². The summed E-state index contributed by atoms with van der Waals surface area (Å²) >= 11 is 0. The summed E-state index contributed by atoms with van der Waals surface area (Å²) in [5, 5.41) is 11.7. The molecule has 1 aliphatic rings. The first-order valence-corrected chi connectivity index (χ1v) is 8.20. The number of carboxylic acids is 1. The monoisotopic (exact) mass is 292 g/mol. The van der Waals surface area contributed by atoms with Crippen molar-refractivity contribution in [1.82, 2.24) is 10.2 Å². The Bertz CT molecular complexity index is 462. The molecule has 1 rings (SSSR count). The summed E-state index contributed by atoms with van der Waals surface area (Å²) in [5.41, 5.74) is -0.867. The second-order valence-corrected chi connectivity index (χ2v) is 7.23. The van der Waals surface area contributed by atoms with Crippen LogP contribution in [0.1, 0.15) is 19.8 Å². The molecule has 2 amide bonds. The van der Waals surface area contributed by atoms with Gasteiger partial charge in [-0.05, 0) is 12.8 Å². The molecule has 19 heavy (non-hydrogen) atoms. The number of nitrogens with zero attached hydrogens (tertiary/aromatic N) is 1. The van der Waals surface area contributed by atoms with Crippen molar-refractivity contribution in [2.24, 2.45) is 5.41 Å². The molecule has 0 aliphatic carbocycles. The highest BCUT2D eigenvalue weighted by Gasteiger charge is 2.44. The molecule has 0 bridgehead atoms. The van der Waals surface area contributed by atoms with Crippen molar-refractivity contribution in [2.75, 3.05) is 31.6 Å². The average Bonchev–Trinajstić information content (AvgIpc) is 2.72. The van der Waals surface area contributed by atoms with Crippen molar-refractivity contribution in [3.63, 3.8) is 0 Å². The number of aliphatic carboxylic acids is 1. The van der Waals surface area contributed by atoms with Crippen LogP contribution in [0.3, 0.4) is 0 Å². The third-order valence-corrected chi connectivity index (χ3v) is 4.47. The lowest BCUT2D eigenvalue weighted by Gasteiger charge is -2.23. The first-order chi connectivity index (χ1) is 8.70. The number of hydrogen-bond donors (Lipinski definition) is 2. The Kier molecular flexibility index (Phi) is 4.78. The second-order valence-electron chi connectivity index (χ2n) is 4.97. The van der Waals surface area contributed by atoms with Crippen LogP contribution in [0.25, 0.3) is 0 Å². The fourth-order valence-corrected chi connectivity index (χ4v) is 2.59. The summed E-state index contributed by atoms with van der Waals surface area (Å²) in [6, 6.07) is -0.403. The van der Waals surface area contributed by atoms with Crippen LogP contribution in [0.4, 0.5) is 4.79 Å². The van der Waals surface area contributed by atoms with E-state index in [0.29, 0.717) is 19.4 Å². The largest absolute Gasteiger partial charge is 0.481 e. The molecule has 0 spiro atoms. The number of nitrogens with one attached hydrogen (secondary N) is 1. The minimum Gasteiger partial charge on any atom is -0.481 e. The Labute approximate surface area is 112 Å². The van der Waals surface area contributed by atoms with Crippen LogP contribution in [-0.4, -0.2) is 62.1 Å². The molecule has 8 heteroatoms. The van der Waals surface area contributed by atoms with E-state index in [1.54, 1.807) is 6.92 Å². The van der Waals surface area contributed by atoms with Crippen molar-refractivity contribution in [3.05, 3.63) is 0 Å². The Morgan fingerprint density at radius 1 is 1.42 bits per heavy atom. The Morgan fingerprint density at radius 2 is 2.05 bits per heavy atom. The molecule has 1 fully saturated rings. The van der Waals surface area contributed by atoms with E-state index < -0.39 is 27.3 Å². The first kappa shape index (κ1) is 15.7. The lowest BCUT2D eigenvalue weighted by molar-refractivity contribution is -0.148. The lowest BCUT2D eigenvalue weighted by Crippen LogP contribution is -2.42. The third kappa shape index (κ3) is 4.09. The van der Waals surface area contributed by atoms with Gasteiger partial charge in [0.05, 0.1) is 11.2 Å². The molecule has 1 heterocycles. The molecular weight excluding hydrogens is 272 g/mol. The minimum absolute atomic E-state index is 0.0420. The van der Waals surface area contributed by atoms with E-state index in [1.165, 1.54) is 4.90 Å². The van der Waals surface area contributed by atoms with E-state index >= 15 is 0 Å². The number of carbonyl (C=O) groups is 2. The van der Waals surface area contributed by atoms with Gasteiger partial charge < -0.3 is 15.3 Å². The summed E-state index contributed by atoms with van der Waals surface area (Å²) in [6.45, 7) is 2.38. The van der Waals surface area contributed by atoms with Gasteiger partial charge >= 0.3 is 12.0 Å². The number of urea groups is 1. The number of carboxylic acid groups (broad SMARTS) is 1. The predicted molar refractivity (Wildman–Crippen MR) is 69.7 cm³/mol.